The van der Waals surface area contributed by atoms with E-state index in [1.54, 1.807) is 18.2 Å². The van der Waals surface area contributed by atoms with Crippen molar-refractivity contribution in [2.45, 2.75) is 31.3 Å². The summed E-state index contributed by atoms with van der Waals surface area (Å²) in [6.07, 6.45) is 2.76. The molecule has 0 spiro atoms. The molecule has 1 aliphatic rings. The molecule has 0 saturated heterocycles. The Morgan fingerprint density at radius 3 is 2.94 bits per heavy atom. The number of nitrogens with one attached hydrogen (secondary N) is 1. The summed E-state index contributed by atoms with van der Waals surface area (Å²) in [6.45, 7) is 2.20. The highest BCUT2D eigenvalue weighted by molar-refractivity contribution is 7.99. The summed E-state index contributed by atoms with van der Waals surface area (Å²) < 4.78 is 6.90. The molecule has 168 valence electrons. The van der Waals surface area contributed by atoms with E-state index in [4.69, 9.17) is 27.1 Å². The van der Waals surface area contributed by atoms with Crippen LogP contribution in [0.2, 0.25) is 5.02 Å². The zero-order valence-corrected chi connectivity index (χ0v) is 19.8. The molecular weight excluding hydrogens is 472 g/mol. The topological polar surface area (TPSA) is 116 Å². The third-order valence-corrected chi connectivity index (χ3v) is 7.60. The number of benzene rings is 1. The molecule has 8 nitrogen and oxygen atoms in total. The molecule has 2 aromatic heterocycles. The first-order chi connectivity index (χ1) is 15.3. The lowest BCUT2D eigenvalue weighted by molar-refractivity contribution is -0.117. The number of carbonyl (C=O) groups excluding carboxylic acids is 2. The Hall–Kier alpha value is -2.56. The van der Waals surface area contributed by atoms with E-state index in [0.717, 1.165) is 36.6 Å². The number of rotatable bonds is 5. The molecule has 1 unspecified atom stereocenters. The van der Waals surface area contributed by atoms with E-state index < -0.39 is 11.9 Å². The predicted octanol–water partition coefficient (Wildman–Crippen LogP) is 3.52. The number of fused-ring (bicyclic) bond motifs is 3. The highest BCUT2D eigenvalue weighted by Gasteiger charge is 2.26. The largest absolute Gasteiger partial charge is 0.495 e. The van der Waals surface area contributed by atoms with Crippen molar-refractivity contribution in [2.24, 2.45) is 11.7 Å². The molecule has 11 heteroatoms. The molecule has 3 aromatic rings. The fraction of sp³-hybridized carbons (Fsp3) is 0.333. The number of thiophene rings is 1. The van der Waals surface area contributed by atoms with Crippen LogP contribution in [0.15, 0.2) is 28.2 Å². The van der Waals surface area contributed by atoms with E-state index in [1.165, 1.54) is 27.9 Å². The number of aromatic nitrogens is 2. The van der Waals surface area contributed by atoms with Crippen LogP contribution in [0, 0.1) is 5.92 Å². The third kappa shape index (κ3) is 4.35. The van der Waals surface area contributed by atoms with Crippen molar-refractivity contribution in [3.05, 3.63) is 44.0 Å². The van der Waals surface area contributed by atoms with E-state index in [1.807, 2.05) is 5.32 Å². The normalized spacial score (nSPS) is 15.4. The van der Waals surface area contributed by atoms with Crippen molar-refractivity contribution >= 4 is 56.9 Å². The van der Waals surface area contributed by atoms with Crippen molar-refractivity contribution in [2.75, 3.05) is 12.9 Å². The zero-order valence-electron chi connectivity index (χ0n) is 17.4. The number of nitrogens with two attached hydrogens (primary N) is 1. The fourth-order valence-electron chi connectivity index (χ4n) is 3.82. The first-order valence-corrected chi connectivity index (χ1v) is 12.1. The number of methoxy groups -OCH3 is 1. The lowest BCUT2D eigenvalue weighted by atomic mass is 9.89. The van der Waals surface area contributed by atoms with Crippen LogP contribution in [-0.2, 0) is 17.6 Å². The van der Waals surface area contributed by atoms with E-state index in [9.17, 15) is 14.4 Å². The monoisotopic (exact) mass is 492 g/mol. The van der Waals surface area contributed by atoms with Crippen molar-refractivity contribution in [3.8, 4) is 11.4 Å². The van der Waals surface area contributed by atoms with Crippen molar-refractivity contribution in [3.63, 3.8) is 0 Å². The maximum absolute atomic E-state index is 13.8. The highest BCUT2D eigenvalue weighted by Crippen LogP contribution is 2.37. The van der Waals surface area contributed by atoms with Crippen molar-refractivity contribution in [1.29, 1.82) is 0 Å². The third-order valence-electron chi connectivity index (χ3n) is 5.28. The number of nitrogens with zero attached hydrogens (tertiary/aromatic N) is 2. The second-order valence-electron chi connectivity index (χ2n) is 7.58. The second kappa shape index (κ2) is 9.13. The Kier molecular flexibility index (Phi) is 6.45. The summed E-state index contributed by atoms with van der Waals surface area (Å²) in [6, 6.07) is 4.03. The van der Waals surface area contributed by atoms with Crippen LogP contribution in [0.5, 0.6) is 5.75 Å². The Bertz CT molecular complexity index is 1290. The van der Waals surface area contributed by atoms with E-state index in [2.05, 4.69) is 6.92 Å². The minimum absolute atomic E-state index is 0.147. The molecule has 0 radical (unpaired) electrons. The number of urea groups is 1. The molecule has 1 atom stereocenters. The van der Waals surface area contributed by atoms with Crippen molar-refractivity contribution < 1.29 is 14.3 Å². The zero-order chi connectivity index (χ0) is 23.0. The highest BCUT2D eigenvalue weighted by atomic mass is 35.5. The smallest absolute Gasteiger partial charge is 0.318 e. The van der Waals surface area contributed by atoms with Gasteiger partial charge in [0.05, 0.1) is 23.9 Å². The molecule has 0 aliphatic heterocycles. The van der Waals surface area contributed by atoms with Gasteiger partial charge in [-0.3, -0.25) is 19.5 Å². The number of ether oxygens (including phenoxy) is 1. The Morgan fingerprint density at radius 2 is 2.22 bits per heavy atom. The maximum Gasteiger partial charge on any atom is 0.318 e. The van der Waals surface area contributed by atoms with Crippen LogP contribution in [0.4, 0.5) is 4.79 Å². The van der Waals surface area contributed by atoms with Gasteiger partial charge in [0.1, 0.15) is 10.6 Å². The van der Waals surface area contributed by atoms with Gasteiger partial charge in [-0.05, 0) is 48.9 Å². The number of hydrogen-bond acceptors (Lipinski definition) is 7. The molecule has 1 aliphatic carbocycles. The van der Waals surface area contributed by atoms with E-state index in [0.29, 0.717) is 37.8 Å². The average Bonchev–Trinajstić information content (AvgIpc) is 3.09. The second-order valence-corrected chi connectivity index (χ2v) is 10.0. The molecule has 0 bridgehead atoms. The number of imide groups is 1. The summed E-state index contributed by atoms with van der Waals surface area (Å²) >= 11 is 8.79. The molecule has 3 N–H and O–H groups in total. The van der Waals surface area contributed by atoms with Gasteiger partial charge in [0, 0.05) is 9.90 Å². The Balaban J connectivity index is 1.91. The molecule has 1 aromatic carbocycles. The van der Waals surface area contributed by atoms with E-state index in [-0.39, 0.29) is 11.3 Å². The summed E-state index contributed by atoms with van der Waals surface area (Å²) in [5.74, 6) is 0.267. The van der Waals surface area contributed by atoms with Crippen LogP contribution in [0.3, 0.4) is 0 Å². The number of primary amides is 1. The lowest BCUT2D eigenvalue weighted by Crippen LogP contribution is -2.36. The van der Waals surface area contributed by atoms with Gasteiger partial charge < -0.3 is 10.5 Å². The van der Waals surface area contributed by atoms with Gasteiger partial charge in [0.2, 0.25) is 5.91 Å². The van der Waals surface area contributed by atoms with Crippen LogP contribution in [0.25, 0.3) is 15.9 Å². The Labute approximate surface area is 197 Å². The molecule has 0 saturated carbocycles. The summed E-state index contributed by atoms with van der Waals surface area (Å²) in [5.41, 5.74) is 6.27. The minimum atomic E-state index is -0.937. The molecule has 0 fully saturated rings. The van der Waals surface area contributed by atoms with Gasteiger partial charge in [-0.15, -0.1) is 11.3 Å². The number of amides is 3. The van der Waals surface area contributed by atoms with Crippen molar-refractivity contribution in [1.82, 2.24) is 14.9 Å². The first-order valence-electron chi connectivity index (χ1n) is 9.91. The van der Waals surface area contributed by atoms with Gasteiger partial charge >= 0.3 is 6.03 Å². The standard InChI is InChI=1S/C21H21ClN4O4S2/c1-10-3-5-12-15(7-10)32-18-17(12)19(28)26(13-8-11(22)4-6-14(13)30-2)21(25-18)31-9-16(27)24-20(23)29/h4,6,8,10H,3,5,7,9H2,1-2H3,(H3,23,24,27,29). The van der Waals surface area contributed by atoms with Crippen LogP contribution >= 0.6 is 34.7 Å². The maximum atomic E-state index is 13.8. The number of thioether (sulfide) groups is 1. The summed E-state index contributed by atoms with van der Waals surface area (Å²) in [7, 11) is 1.50. The number of hydrogen-bond donors (Lipinski definition) is 2. The van der Waals surface area contributed by atoms with Crippen LogP contribution in [-0.4, -0.2) is 34.4 Å². The van der Waals surface area contributed by atoms with Gasteiger partial charge in [-0.2, -0.15) is 0 Å². The SMILES string of the molecule is COc1ccc(Cl)cc1-n1c(SCC(=O)NC(N)=O)nc2sc3c(c2c1=O)CCC(C)C3. The molecular formula is C21H21ClN4O4S2. The van der Waals surface area contributed by atoms with Crippen LogP contribution in [0.1, 0.15) is 23.8 Å². The molecule has 3 amide bonds. The molecule has 2 heterocycles. The summed E-state index contributed by atoms with van der Waals surface area (Å²) in [5, 5.41) is 3.35. The minimum Gasteiger partial charge on any atom is -0.495 e. The van der Waals surface area contributed by atoms with Crippen LogP contribution < -0.4 is 21.3 Å². The van der Waals surface area contributed by atoms with Gasteiger partial charge in [-0.1, -0.05) is 30.3 Å². The van der Waals surface area contributed by atoms with Gasteiger partial charge in [-0.25, -0.2) is 9.78 Å². The fourth-order valence-corrected chi connectivity index (χ4v) is 6.22. The molecule has 32 heavy (non-hydrogen) atoms. The first kappa shape index (κ1) is 22.6. The average molecular weight is 493 g/mol. The number of aryl methyl sites for hydroxylation is 1. The van der Waals surface area contributed by atoms with Gasteiger partial charge in [0.25, 0.3) is 5.56 Å². The number of carbonyl (C=O) groups is 2. The quantitative estimate of drug-likeness (QED) is 0.415. The van der Waals surface area contributed by atoms with Gasteiger partial charge in [0.15, 0.2) is 5.16 Å². The summed E-state index contributed by atoms with van der Waals surface area (Å²) in [4.78, 5) is 43.4. The lowest BCUT2D eigenvalue weighted by Gasteiger charge is -2.18. The number of halogens is 1. The van der Waals surface area contributed by atoms with E-state index >= 15 is 0 Å². The molecule has 4 rings (SSSR count). The predicted molar refractivity (Wildman–Crippen MR) is 126 cm³/mol. The Morgan fingerprint density at radius 1 is 1.44 bits per heavy atom.